The Morgan fingerprint density at radius 1 is 1.37 bits per heavy atom. The summed E-state index contributed by atoms with van der Waals surface area (Å²) in [6.45, 7) is 2.32. The molecule has 0 bridgehead atoms. The Morgan fingerprint density at radius 3 is 2.74 bits per heavy atom. The summed E-state index contributed by atoms with van der Waals surface area (Å²) in [6, 6.07) is 7.63. The SMILES string of the molecule is Cc1cc(NC(=O)NCCc2ccc(F)cc2)n[nH]1. The Morgan fingerprint density at radius 2 is 2.11 bits per heavy atom. The Bertz CT molecular complexity index is 550. The highest BCUT2D eigenvalue weighted by molar-refractivity contribution is 5.88. The summed E-state index contributed by atoms with van der Waals surface area (Å²) in [5, 5.41) is 11.9. The molecular formula is C13H15FN4O. The number of carbonyl (C=O) groups excluding carboxylic acids is 1. The van der Waals surface area contributed by atoms with E-state index in [1.54, 1.807) is 18.2 Å². The fourth-order valence-electron chi connectivity index (χ4n) is 1.61. The third kappa shape index (κ3) is 4.09. The van der Waals surface area contributed by atoms with Crippen molar-refractivity contribution in [2.45, 2.75) is 13.3 Å². The van der Waals surface area contributed by atoms with Gasteiger partial charge in [-0.3, -0.25) is 10.4 Å². The average molecular weight is 262 g/mol. The normalized spacial score (nSPS) is 10.2. The van der Waals surface area contributed by atoms with E-state index in [9.17, 15) is 9.18 Å². The summed E-state index contributed by atoms with van der Waals surface area (Å²) in [5.74, 6) is 0.222. The summed E-state index contributed by atoms with van der Waals surface area (Å²) in [7, 11) is 0. The number of aryl methyl sites for hydroxylation is 1. The lowest BCUT2D eigenvalue weighted by molar-refractivity contribution is 0.252. The molecule has 19 heavy (non-hydrogen) atoms. The monoisotopic (exact) mass is 262 g/mol. The van der Waals surface area contributed by atoms with Gasteiger partial charge in [-0.1, -0.05) is 12.1 Å². The van der Waals surface area contributed by atoms with Gasteiger partial charge in [0.1, 0.15) is 5.82 Å². The molecule has 0 saturated heterocycles. The molecule has 3 N–H and O–H groups in total. The Balaban J connectivity index is 1.73. The van der Waals surface area contributed by atoms with E-state index in [-0.39, 0.29) is 11.8 Å². The number of benzene rings is 1. The lowest BCUT2D eigenvalue weighted by Crippen LogP contribution is -2.30. The number of anilines is 1. The number of hydrogen-bond donors (Lipinski definition) is 3. The highest BCUT2D eigenvalue weighted by Gasteiger charge is 2.03. The third-order valence-corrected chi connectivity index (χ3v) is 2.56. The molecule has 0 fully saturated rings. The number of nitrogens with zero attached hydrogens (tertiary/aromatic N) is 1. The van der Waals surface area contributed by atoms with Gasteiger partial charge < -0.3 is 5.32 Å². The van der Waals surface area contributed by atoms with Crippen molar-refractivity contribution >= 4 is 11.8 Å². The van der Waals surface area contributed by atoms with E-state index < -0.39 is 0 Å². The van der Waals surface area contributed by atoms with E-state index in [2.05, 4.69) is 20.8 Å². The van der Waals surface area contributed by atoms with Gasteiger partial charge in [0.15, 0.2) is 5.82 Å². The number of hydrogen-bond acceptors (Lipinski definition) is 2. The van der Waals surface area contributed by atoms with Crippen LogP contribution in [0.4, 0.5) is 15.0 Å². The number of rotatable bonds is 4. The largest absolute Gasteiger partial charge is 0.337 e. The first kappa shape index (κ1) is 13.1. The second kappa shape index (κ2) is 5.99. The van der Waals surface area contributed by atoms with Crippen molar-refractivity contribution in [3.63, 3.8) is 0 Å². The van der Waals surface area contributed by atoms with Crippen LogP contribution in [0.2, 0.25) is 0 Å². The van der Waals surface area contributed by atoms with Crippen molar-refractivity contribution in [1.29, 1.82) is 0 Å². The number of urea groups is 1. The number of amides is 2. The first-order valence-corrected chi connectivity index (χ1v) is 5.95. The summed E-state index contributed by atoms with van der Waals surface area (Å²) in [4.78, 5) is 11.5. The van der Waals surface area contributed by atoms with Crippen molar-refractivity contribution in [2.75, 3.05) is 11.9 Å². The number of aromatic amines is 1. The van der Waals surface area contributed by atoms with Crippen LogP contribution in [0.3, 0.4) is 0 Å². The van der Waals surface area contributed by atoms with E-state index in [1.165, 1.54) is 12.1 Å². The number of H-pyrrole nitrogens is 1. The lowest BCUT2D eigenvalue weighted by Gasteiger charge is -2.05. The van der Waals surface area contributed by atoms with Crippen molar-refractivity contribution in [3.05, 3.63) is 47.4 Å². The van der Waals surface area contributed by atoms with Crippen molar-refractivity contribution < 1.29 is 9.18 Å². The topological polar surface area (TPSA) is 69.8 Å². The van der Waals surface area contributed by atoms with Gasteiger partial charge in [0, 0.05) is 18.3 Å². The van der Waals surface area contributed by atoms with Gasteiger partial charge in [-0.15, -0.1) is 0 Å². The van der Waals surface area contributed by atoms with Gasteiger partial charge in [-0.05, 0) is 31.0 Å². The second-order valence-corrected chi connectivity index (χ2v) is 4.19. The highest BCUT2D eigenvalue weighted by atomic mass is 19.1. The Hall–Kier alpha value is -2.37. The number of halogens is 1. The first-order chi connectivity index (χ1) is 9.13. The van der Waals surface area contributed by atoms with Gasteiger partial charge in [0.05, 0.1) is 0 Å². The minimum atomic E-state index is -0.311. The molecule has 5 nitrogen and oxygen atoms in total. The predicted molar refractivity (Wildman–Crippen MR) is 70.5 cm³/mol. The van der Waals surface area contributed by atoms with Crippen LogP contribution >= 0.6 is 0 Å². The zero-order chi connectivity index (χ0) is 13.7. The lowest BCUT2D eigenvalue weighted by atomic mass is 10.1. The standard InChI is InChI=1S/C13H15FN4O/c1-9-8-12(18-17-9)16-13(19)15-7-6-10-2-4-11(14)5-3-10/h2-5,8H,6-7H2,1H3,(H3,15,16,17,18,19). The van der Waals surface area contributed by atoms with Crippen LogP contribution in [0.25, 0.3) is 0 Å². The van der Waals surface area contributed by atoms with Gasteiger partial charge in [-0.25, -0.2) is 9.18 Å². The zero-order valence-electron chi connectivity index (χ0n) is 10.5. The van der Waals surface area contributed by atoms with Gasteiger partial charge >= 0.3 is 6.03 Å². The average Bonchev–Trinajstić information content (AvgIpc) is 2.77. The molecular weight excluding hydrogens is 247 g/mol. The Kier molecular flexibility index (Phi) is 4.12. The van der Waals surface area contributed by atoms with Gasteiger partial charge in [0.2, 0.25) is 0 Å². The van der Waals surface area contributed by atoms with Crippen LogP contribution in [0.1, 0.15) is 11.3 Å². The molecule has 2 aromatic rings. The zero-order valence-corrected chi connectivity index (χ0v) is 10.5. The summed E-state index contributed by atoms with van der Waals surface area (Å²) in [6.07, 6.45) is 0.646. The van der Waals surface area contributed by atoms with Crippen LogP contribution in [0.5, 0.6) is 0 Å². The predicted octanol–water partition coefficient (Wildman–Crippen LogP) is 2.22. The molecule has 1 aromatic carbocycles. The molecule has 2 amide bonds. The van der Waals surface area contributed by atoms with Crippen LogP contribution < -0.4 is 10.6 Å². The summed E-state index contributed by atoms with van der Waals surface area (Å²) >= 11 is 0. The van der Waals surface area contributed by atoms with Crippen LogP contribution in [0, 0.1) is 12.7 Å². The van der Waals surface area contributed by atoms with Crippen molar-refractivity contribution in [2.24, 2.45) is 0 Å². The van der Waals surface area contributed by atoms with E-state index in [0.717, 1.165) is 11.3 Å². The van der Waals surface area contributed by atoms with Crippen LogP contribution in [-0.4, -0.2) is 22.8 Å². The molecule has 0 aliphatic heterocycles. The molecule has 0 spiro atoms. The molecule has 0 unspecified atom stereocenters. The van der Waals surface area contributed by atoms with E-state index >= 15 is 0 Å². The molecule has 0 atom stereocenters. The molecule has 6 heteroatoms. The van der Waals surface area contributed by atoms with Crippen LogP contribution in [0.15, 0.2) is 30.3 Å². The highest BCUT2D eigenvalue weighted by Crippen LogP contribution is 2.04. The molecule has 1 aromatic heterocycles. The fraction of sp³-hybridized carbons (Fsp3) is 0.231. The minimum absolute atomic E-state index is 0.261. The smallest absolute Gasteiger partial charge is 0.320 e. The molecule has 2 rings (SSSR count). The maximum Gasteiger partial charge on any atom is 0.320 e. The molecule has 100 valence electrons. The maximum absolute atomic E-state index is 12.7. The maximum atomic E-state index is 12.7. The fourth-order valence-corrected chi connectivity index (χ4v) is 1.61. The quantitative estimate of drug-likeness (QED) is 0.790. The van der Waals surface area contributed by atoms with Crippen LogP contribution in [-0.2, 0) is 6.42 Å². The van der Waals surface area contributed by atoms with Gasteiger partial charge in [0.25, 0.3) is 0 Å². The molecule has 1 heterocycles. The molecule has 0 aliphatic rings. The second-order valence-electron chi connectivity index (χ2n) is 4.19. The first-order valence-electron chi connectivity index (χ1n) is 5.95. The molecule has 0 aliphatic carbocycles. The summed E-state index contributed by atoms with van der Waals surface area (Å²) < 4.78 is 12.7. The minimum Gasteiger partial charge on any atom is -0.337 e. The number of aromatic nitrogens is 2. The number of carbonyl (C=O) groups is 1. The third-order valence-electron chi connectivity index (χ3n) is 2.56. The molecule has 0 saturated carbocycles. The van der Waals surface area contributed by atoms with E-state index in [1.807, 2.05) is 6.92 Å². The van der Waals surface area contributed by atoms with Crippen molar-refractivity contribution in [1.82, 2.24) is 15.5 Å². The van der Waals surface area contributed by atoms with Gasteiger partial charge in [-0.2, -0.15) is 5.10 Å². The van der Waals surface area contributed by atoms with Crippen molar-refractivity contribution in [3.8, 4) is 0 Å². The number of nitrogens with one attached hydrogen (secondary N) is 3. The Labute approximate surface area is 110 Å². The summed E-state index contributed by atoms with van der Waals surface area (Å²) in [5.41, 5.74) is 1.85. The van der Waals surface area contributed by atoms with E-state index in [4.69, 9.17) is 0 Å². The van der Waals surface area contributed by atoms with E-state index in [0.29, 0.717) is 18.8 Å². The molecule has 0 radical (unpaired) electrons.